The Labute approximate surface area is 251 Å². The Kier molecular flexibility index (Phi) is 10.8. The van der Waals surface area contributed by atoms with Gasteiger partial charge in [0.05, 0.1) is 18.6 Å². The molecular formula is C30H34ClF4N3O5. The van der Waals surface area contributed by atoms with Crippen LogP contribution in [0.1, 0.15) is 63.6 Å². The Hall–Kier alpha value is -3.67. The zero-order valence-corrected chi connectivity index (χ0v) is 24.9. The zero-order valence-electron chi connectivity index (χ0n) is 24.1. The van der Waals surface area contributed by atoms with Gasteiger partial charge in [0.15, 0.2) is 0 Å². The van der Waals surface area contributed by atoms with Gasteiger partial charge in [-0.15, -0.1) is 0 Å². The van der Waals surface area contributed by atoms with E-state index in [0.717, 1.165) is 0 Å². The number of alkyl halides is 3. The number of carbonyl (C=O) groups is 4. The predicted molar refractivity (Wildman–Crippen MR) is 151 cm³/mol. The van der Waals surface area contributed by atoms with Crippen LogP contribution in [0.25, 0.3) is 0 Å². The molecular weight excluding hydrogens is 594 g/mol. The number of hydrogen-bond acceptors (Lipinski definition) is 5. The van der Waals surface area contributed by atoms with Gasteiger partial charge < -0.3 is 20.7 Å². The fraction of sp³-hybridized carbons (Fsp3) is 0.467. The number of amides is 3. The summed E-state index contributed by atoms with van der Waals surface area (Å²) in [6, 6.07) is 5.23. The highest BCUT2D eigenvalue weighted by molar-refractivity contribution is 6.31. The maximum atomic E-state index is 14.9. The average Bonchev–Trinajstić information content (AvgIpc) is 3.44. The van der Waals surface area contributed by atoms with Gasteiger partial charge in [0, 0.05) is 10.6 Å². The number of halogens is 5. The van der Waals surface area contributed by atoms with E-state index in [1.54, 1.807) is 0 Å². The molecule has 1 aliphatic rings. The van der Waals surface area contributed by atoms with Gasteiger partial charge in [0.2, 0.25) is 17.7 Å². The first-order valence-corrected chi connectivity index (χ1v) is 14.1. The summed E-state index contributed by atoms with van der Waals surface area (Å²) in [5, 5.41) is 7.26. The summed E-state index contributed by atoms with van der Waals surface area (Å²) in [7, 11) is 1.41. The van der Waals surface area contributed by atoms with Crippen molar-refractivity contribution in [3.63, 3.8) is 0 Å². The molecule has 8 nitrogen and oxygen atoms in total. The normalized spacial score (nSPS) is 16.6. The van der Waals surface area contributed by atoms with Crippen LogP contribution in [0.4, 0.5) is 17.6 Å². The van der Waals surface area contributed by atoms with Crippen molar-refractivity contribution in [2.24, 2.45) is 5.92 Å². The van der Waals surface area contributed by atoms with Gasteiger partial charge in [-0.25, -0.2) is 4.39 Å². The molecule has 1 aliphatic carbocycles. The maximum absolute atomic E-state index is 14.9. The molecule has 2 aromatic carbocycles. The molecule has 0 aliphatic heterocycles. The van der Waals surface area contributed by atoms with Crippen LogP contribution >= 0.6 is 11.6 Å². The van der Waals surface area contributed by atoms with Crippen molar-refractivity contribution in [3.05, 3.63) is 64.4 Å². The number of carbonyl (C=O) groups excluding carboxylic acids is 4. The lowest BCUT2D eigenvalue weighted by molar-refractivity contribution is -0.175. The topological polar surface area (TPSA) is 114 Å². The van der Waals surface area contributed by atoms with Crippen molar-refractivity contribution >= 4 is 35.1 Å². The first kappa shape index (κ1) is 33.8. The van der Waals surface area contributed by atoms with E-state index in [2.05, 4.69) is 16.0 Å². The lowest BCUT2D eigenvalue weighted by Crippen LogP contribution is -2.55. The van der Waals surface area contributed by atoms with E-state index in [9.17, 15) is 36.7 Å². The van der Waals surface area contributed by atoms with Crippen molar-refractivity contribution in [3.8, 4) is 5.75 Å². The largest absolute Gasteiger partial charge is 0.497 e. The predicted octanol–water partition coefficient (Wildman–Crippen LogP) is 4.93. The molecule has 2 aromatic rings. The van der Waals surface area contributed by atoms with E-state index in [-0.39, 0.29) is 16.1 Å². The number of hydrogen-bond donors (Lipinski definition) is 3. The molecule has 0 heterocycles. The highest BCUT2D eigenvalue weighted by Gasteiger charge is 2.47. The fourth-order valence-corrected chi connectivity index (χ4v) is 5.58. The first-order valence-electron chi connectivity index (χ1n) is 13.7. The smallest absolute Gasteiger partial charge is 0.452 e. The number of ketones is 1. The molecule has 43 heavy (non-hydrogen) atoms. The van der Waals surface area contributed by atoms with Gasteiger partial charge in [-0.2, -0.15) is 13.2 Å². The Morgan fingerprint density at radius 2 is 1.51 bits per heavy atom. The molecule has 0 aromatic heterocycles. The Bertz CT molecular complexity index is 1320. The molecule has 234 valence electrons. The van der Waals surface area contributed by atoms with E-state index in [1.165, 1.54) is 70.3 Å². The molecule has 0 unspecified atom stereocenters. The lowest BCUT2D eigenvalue weighted by atomic mass is 9.77. The molecule has 0 radical (unpaired) electrons. The third kappa shape index (κ3) is 7.65. The minimum Gasteiger partial charge on any atom is -0.497 e. The summed E-state index contributed by atoms with van der Waals surface area (Å²) < 4.78 is 59.7. The van der Waals surface area contributed by atoms with Crippen molar-refractivity contribution in [2.45, 2.75) is 76.2 Å². The van der Waals surface area contributed by atoms with Gasteiger partial charge in [-0.1, -0.05) is 56.5 Å². The van der Waals surface area contributed by atoms with Crippen LogP contribution < -0.4 is 20.7 Å². The van der Waals surface area contributed by atoms with Crippen LogP contribution in [0.15, 0.2) is 42.5 Å². The summed E-state index contributed by atoms with van der Waals surface area (Å²) in [6.45, 7) is 4.04. The van der Waals surface area contributed by atoms with Gasteiger partial charge in [-0.05, 0) is 55.5 Å². The minimum absolute atomic E-state index is 0.0452. The standard InChI is InChI=1S/C30H34ClF4N3O5/c1-16(2)23(25(39)30(33,34)35)37-27(41)24(18-10-12-19(43-4)13-11-18)38-26(40)17(3)36-28(42)29(14-5-6-15-29)22-20(31)8-7-9-21(22)32/h7-13,16-17,23-24H,5-6,14-15H2,1-4H3,(H,36,42)(H,37,41)(H,38,40)/t17-,23-,24-/m0/s1. The number of benzene rings is 2. The Morgan fingerprint density at radius 1 is 0.907 bits per heavy atom. The summed E-state index contributed by atoms with van der Waals surface area (Å²) in [5.74, 6) is -5.83. The number of rotatable bonds is 11. The van der Waals surface area contributed by atoms with E-state index < -0.39 is 65.0 Å². The maximum Gasteiger partial charge on any atom is 0.452 e. The third-order valence-electron chi connectivity index (χ3n) is 7.60. The summed E-state index contributed by atoms with van der Waals surface area (Å²) in [5.41, 5.74) is -1.09. The average molecular weight is 628 g/mol. The molecule has 0 saturated heterocycles. The first-order chi connectivity index (χ1) is 20.1. The lowest BCUT2D eigenvalue weighted by Gasteiger charge is -2.31. The van der Waals surface area contributed by atoms with Gasteiger partial charge in [0.1, 0.15) is 23.7 Å². The van der Waals surface area contributed by atoms with Crippen LogP contribution in [-0.4, -0.2) is 48.9 Å². The highest BCUT2D eigenvalue weighted by atomic mass is 35.5. The third-order valence-corrected chi connectivity index (χ3v) is 7.91. The van der Waals surface area contributed by atoms with Crippen molar-refractivity contribution in [1.82, 2.24) is 16.0 Å². The molecule has 1 saturated carbocycles. The quantitative estimate of drug-likeness (QED) is 0.306. The number of Topliss-reactive ketones (excluding diaryl/α,β-unsaturated/α-hetero) is 1. The molecule has 3 N–H and O–H groups in total. The Morgan fingerprint density at radius 3 is 2.02 bits per heavy atom. The van der Waals surface area contributed by atoms with Crippen LogP contribution in [0, 0.1) is 11.7 Å². The van der Waals surface area contributed by atoms with E-state index in [1.807, 2.05) is 0 Å². The molecule has 0 bridgehead atoms. The SMILES string of the molecule is COc1ccc([C@H](NC(=O)[C@H](C)NC(=O)C2(c3c(F)cccc3Cl)CCCC2)C(=O)N[C@H](C(=O)C(F)(F)F)C(C)C)cc1. The van der Waals surface area contributed by atoms with E-state index in [4.69, 9.17) is 16.3 Å². The second kappa shape index (κ2) is 13.7. The number of ether oxygens (including phenoxy) is 1. The van der Waals surface area contributed by atoms with Crippen LogP contribution in [0.2, 0.25) is 5.02 Å². The Balaban J connectivity index is 1.87. The molecule has 3 rings (SSSR count). The highest BCUT2D eigenvalue weighted by Crippen LogP contribution is 2.45. The van der Waals surface area contributed by atoms with Gasteiger partial charge in [-0.3, -0.25) is 19.2 Å². The summed E-state index contributed by atoms with van der Waals surface area (Å²) in [4.78, 5) is 52.3. The molecule has 1 fully saturated rings. The summed E-state index contributed by atoms with van der Waals surface area (Å²) in [6.07, 6.45) is -3.33. The minimum atomic E-state index is -5.20. The summed E-state index contributed by atoms with van der Waals surface area (Å²) >= 11 is 6.30. The molecule has 13 heteroatoms. The fourth-order valence-electron chi connectivity index (χ4n) is 5.24. The number of methoxy groups -OCH3 is 1. The van der Waals surface area contributed by atoms with Crippen molar-refractivity contribution in [1.29, 1.82) is 0 Å². The zero-order chi connectivity index (χ0) is 32.1. The van der Waals surface area contributed by atoms with Gasteiger partial charge in [0.25, 0.3) is 5.78 Å². The van der Waals surface area contributed by atoms with Crippen LogP contribution in [0.5, 0.6) is 5.75 Å². The molecule has 3 atom stereocenters. The van der Waals surface area contributed by atoms with Crippen molar-refractivity contribution < 1.29 is 41.5 Å². The monoisotopic (exact) mass is 627 g/mol. The molecule has 3 amide bonds. The second-order valence-electron chi connectivity index (χ2n) is 10.9. The van der Waals surface area contributed by atoms with Crippen molar-refractivity contribution in [2.75, 3.05) is 7.11 Å². The molecule has 0 spiro atoms. The van der Waals surface area contributed by atoms with Crippen LogP contribution in [0.3, 0.4) is 0 Å². The number of nitrogens with one attached hydrogen (secondary N) is 3. The van der Waals surface area contributed by atoms with E-state index >= 15 is 0 Å². The van der Waals surface area contributed by atoms with E-state index in [0.29, 0.717) is 31.4 Å². The van der Waals surface area contributed by atoms with Crippen LogP contribution in [-0.2, 0) is 24.6 Å². The van der Waals surface area contributed by atoms with Gasteiger partial charge >= 0.3 is 6.18 Å². The second-order valence-corrected chi connectivity index (χ2v) is 11.3.